The zero-order valence-corrected chi connectivity index (χ0v) is 9.38. The molecule has 16 heavy (non-hydrogen) atoms. The molecule has 4 nitrogen and oxygen atoms in total. The number of carboxylic acid groups (broad SMARTS) is 1. The highest BCUT2D eigenvalue weighted by atomic mass is 16.4. The number of hydrogen-bond acceptors (Lipinski definition) is 3. The molecule has 0 aromatic carbocycles. The van der Waals surface area contributed by atoms with Gasteiger partial charge in [0, 0.05) is 18.0 Å². The van der Waals surface area contributed by atoms with Gasteiger partial charge in [-0.05, 0) is 38.6 Å². The first-order valence-electron chi connectivity index (χ1n) is 6.35. The van der Waals surface area contributed by atoms with Crippen molar-refractivity contribution in [2.24, 2.45) is 11.8 Å². The summed E-state index contributed by atoms with van der Waals surface area (Å²) in [6.07, 6.45) is 4.41. The molecule has 3 fully saturated rings. The van der Waals surface area contributed by atoms with E-state index in [1.165, 1.54) is 6.42 Å². The molecule has 0 radical (unpaired) electrons. The molecule has 0 aromatic heterocycles. The second-order valence-electron chi connectivity index (χ2n) is 5.52. The van der Waals surface area contributed by atoms with Crippen LogP contribution in [0.2, 0.25) is 0 Å². The Bertz CT molecular complexity index is 307. The number of hydrogen-bond donors (Lipinski definition) is 2. The zero-order chi connectivity index (χ0) is 11.3. The maximum atomic E-state index is 11.0. The van der Waals surface area contributed by atoms with Gasteiger partial charge in [0.1, 0.15) is 0 Å². The fraction of sp³-hybridized carbons (Fsp3) is 0.917. The van der Waals surface area contributed by atoms with Crippen LogP contribution in [-0.2, 0) is 4.79 Å². The largest absolute Gasteiger partial charge is 0.481 e. The average Bonchev–Trinajstić information content (AvgIpc) is 2.83. The predicted octanol–water partition coefficient (Wildman–Crippen LogP) is 0.695. The van der Waals surface area contributed by atoms with Crippen LogP contribution in [0.5, 0.6) is 0 Å². The third-order valence-corrected chi connectivity index (χ3v) is 4.81. The molecule has 0 amide bonds. The number of aliphatic hydroxyl groups excluding tert-OH is 1. The fourth-order valence-electron chi connectivity index (χ4n) is 4.07. The van der Waals surface area contributed by atoms with Crippen molar-refractivity contribution in [2.75, 3.05) is 6.54 Å². The standard InChI is InChI=1S/C12H19NO3/c14-11-8-6-7(12(15)16)3-4-9(8)13-5-1-2-10(11)13/h7-11,14H,1-6H2,(H,15,16)/t7-,8+,9-,10-,11+/m0/s1. The average molecular weight is 225 g/mol. The molecule has 0 spiro atoms. The smallest absolute Gasteiger partial charge is 0.306 e. The normalized spacial score (nSPS) is 47.7. The van der Waals surface area contributed by atoms with Crippen LogP contribution < -0.4 is 0 Å². The zero-order valence-electron chi connectivity index (χ0n) is 9.38. The van der Waals surface area contributed by atoms with Crippen LogP contribution in [0.1, 0.15) is 32.1 Å². The summed E-state index contributed by atoms with van der Waals surface area (Å²) in [6.45, 7) is 1.10. The first kappa shape index (κ1) is 10.5. The van der Waals surface area contributed by atoms with Gasteiger partial charge in [-0.2, -0.15) is 0 Å². The van der Waals surface area contributed by atoms with E-state index in [1.807, 2.05) is 0 Å². The van der Waals surface area contributed by atoms with Gasteiger partial charge >= 0.3 is 5.97 Å². The summed E-state index contributed by atoms with van der Waals surface area (Å²) in [7, 11) is 0. The van der Waals surface area contributed by atoms with Crippen LogP contribution in [0.15, 0.2) is 0 Å². The van der Waals surface area contributed by atoms with Crippen molar-refractivity contribution in [2.45, 2.75) is 50.3 Å². The fourth-order valence-corrected chi connectivity index (χ4v) is 4.07. The summed E-state index contributed by atoms with van der Waals surface area (Å²) in [6, 6.07) is 0.778. The number of fused-ring (bicyclic) bond motifs is 3. The quantitative estimate of drug-likeness (QED) is 0.689. The predicted molar refractivity (Wildman–Crippen MR) is 58.0 cm³/mol. The molecule has 2 N–H and O–H groups in total. The number of aliphatic carboxylic acids is 1. The van der Waals surface area contributed by atoms with Gasteiger partial charge in [0.05, 0.1) is 12.0 Å². The minimum Gasteiger partial charge on any atom is -0.481 e. The molecule has 5 atom stereocenters. The van der Waals surface area contributed by atoms with Crippen LogP contribution >= 0.6 is 0 Å². The van der Waals surface area contributed by atoms with Gasteiger partial charge in [0.25, 0.3) is 0 Å². The van der Waals surface area contributed by atoms with Crippen molar-refractivity contribution in [3.05, 3.63) is 0 Å². The molecule has 1 aliphatic carbocycles. The molecule has 90 valence electrons. The summed E-state index contributed by atoms with van der Waals surface area (Å²) in [5.41, 5.74) is 0. The highest BCUT2D eigenvalue weighted by molar-refractivity contribution is 5.70. The summed E-state index contributed by atoms with van der Waals surface area (Å²) in [5, 5.41) is 19.3. The van der Waals surface area contributed by atoms with E-state index in [9.17, 15) is 9.90 Å². The van der Waals surface area contributed by atoms with Crippen molar-refractivity contribution in [1.82, 2.24) is 4.90 Å². The Hall–Kier alpha value is -0.610. The Labute approximate surface area is 95.2 Å². The summed E-state index contributed by atoms with van der Waals surface area (Å²) in [4.78, 5) is 13.4. The van der Waals surface area contributed by atoms with E-state index in [-0.39, 0.29) is 17.9 Å². The number of rotatable bonds is 1. The lowest BCUT2D eigenvalue weighted by molar-refractivity contribution is -0.144. The Kier molecular flexibility index (Phi) is 2.44. The number of carbonyl (C=O) groups is 1. The van der Waals surface area contributed by atoms with Crippen molar-refractivity contribution in [3.63, 3.8) is 0 Å². The first-order valence-corrected chi connectivity index (χ1v) is 6.35. The van der Waals surface area contributed by atoms with Gasteiger partial charge in [0.15, 0.2) is 0 Å². The van der Waals surface area contributed by atoms with Gasteiger partial charge in [-0.25, -0.2) is 0 Å². The van der Waals surface area contributed by atoms with Gasteiger partial charge < -0.3 is 10.2 Å². The van der Waals surface area contributed by atoms with Crippen LogP contribution in [-0.4, -0.2) is 45.8 Å². The third kappa shape index (κ3) is 1.39. The second-order valence-corrected chi connectivity index (χ2v) is 5.52. The monoisotopic (exact) mass is 225 g/mol. The lowest BCUT2D eigenvalue weighted by Gasteiger charge is -2.33. The maximum Gasteiger partial charge on any atom is 0.306 e. The molecule has 0 aromatic rings. The molecule has 3 rings (SSSR count). The molecule has 2 heterocycles. The van der Waals surface area contributed by atoms with Crippen molar-refractivity contribution in [1.29, 1.82) is 0 Å². The SMILES string of the molecule is O=C(O)[C@H]1CC[C@H]2[C@@H](C1)[C@@H](O)[C@@H]1CCCN12. The molecule has 0 bridgehead atoms. The van der Waals surface area contributed by atoms with Gasteiger partial charge in [0.2, 0.25) is 0 Å². The maximum absolute atomic E-state index is 11.0. The van der Waals surface area contributed by atoms with E-state index in [4.69, 9.17) is 5.11 Å². The van der Waals surface area contributed by atoms with E-state index < -0.39 is 5.97 Å². The van der Waals surface area contributed by atoms with Gasteiger partial charge in [-0.1, -0.05) is 0 Å². The van der Waals surface area contributed by atoms with E-state index in [2.05, 4.69) is 4.90 Å². The first-order chi connectivity index (χ1) is 7.68. The number of carboxylic acids is 1. The Morgan fingerprint density at radius 2 is 2.00 bits per heavy atom. The van der Waals surface area contributed by atoms with Crippen molar-refractivity contribution >= 4 is 5.97 Å². The molecule has 3 aliphatic rings. The highest BCUT2D eigenvalue weighted by Crippen LogP contribution is 2.45. The van der Waals surface area contributed by atoms with Gasteiger partial charge in [-0.3, -0.25) is 9.69 Å². The second kappa shape index (κ2) is 3.70. The van der Waals surface area contributed by atoms with Crippen molar-refractivity contribution < 1.29 is 15.0 Å². The van der Waals surface area contributed by atoms with Crippen LogP contribution in [0.4, 0.5) is 0 Å². The summed E-state index contributed by atoms with van der Waals surface area (Å²) in [5.74, 6) is -0.700. The minimum absolute atomic E-state index is 0.208. The van der Waals surface area contributed by atoms with E-state index in [1.54, 1.807) is 0 Å². The molecule has 2 saturated heterocycles. The summed E-state index contributed by atoms with van der Waals surface area (Å²) < 4.78 is 0. The highest BCUT2D eigenvalue weighted by Gasteiger charge is 2.52. The van der Waals surface area contributed by atoms with Crippen molar-refractivity contribution in [3.8, 4) is 0 Å². The van der Waals surface area contributed by atoms with E-state index in [0.29, 0.717) is 18.5 Å². The van der Waals surface area contributed by atoms with Gasteiger partial charge in [-0.15, -0.1) is 0 Å². The third-order valence-electron chi connectivity index (χ3n) is 4.81. The Morgan fingerprint density at radius 3 is 2.75 bits per heavy atom. The number of aliphatic hydroxyl groups is 1. The van der Waals surface area contributed by atoms with Crippen LogP contribution in [0.25, 0.3) is 0 Å². The molecular weight excluding hydrogens is 206 g/mol. The molecule has 4 heteroatoms. The molecule has 1 saturated carbocycles. The number of nitrogens with zero attached hydrogens (tertiary/aromatic N) is 1. The molecule has 2 aliphatic heterocycles. The van der Waals surface area contributed by atoms with E-state index >= 15 is 0 Å². The molecular formula is C12H19NO3. The Balaban J connectivity index is 1.77. The minimum atomic E-state index is -0.683. The summed E-state index contributed by atoms with van der Waals surface area (Å²) >= 11 is 0. The van der Waals surface area contributed by atoms with Crippen LogP contribution in [0, 0.1) is 11.8 Å². The Morgan fingerprint density at radius 1 is 1.19 bits per heavy atom. The van der Waals surface area contributed by atoms with Crippen LogP contribution in [0.3, 0.4) is 0 Å². The molecule has 0 unspecified atom stereocenters. The lowest BCUT2D eigenvalue weighted by Crippen LogP contribution is -2.39. The topological polar surface area (TPSA) is 60.8 Å². The lowest BCUT2D eigenvalue weighted by atomic mass is 9.76. The van der Waals surface area contributed by atoms with E-state index in [0.717, 1.165) is 25.8 Å².